The first-order chi connectivity index (χ1) is 15.2. The Kier molecular flexibility index (Phi) is 5.60. The number of carbonyl (C=O) groups is 1. The Labute approximate surface area is 185 Å². The van der Waals surface area contributed by atoms with Crippen LogP contribution >= 0.6 is 11.8 Å². The second kappa shape index (κ2) is 8.67. The van der Waals surface area contributed by atoms with Gasteiger partial charge in [-0.25, -0.2) is 9.38 Å². The van der Waals surface area contributed by atoms with Gasteiger partial charge in [-0.3, -0.25) is 4.79 Å². The number of carbonyl (C=O) groups excluding carboxylic acids is 1. The average molecular weight is 431 g/mol. The largest absolute Gasteiger partial charge is 0.349 e. The zero-order valence-corrected chi connectivity index (χ0v) is 17.9. The number of rotatable bonds is 3. The van der Waals surface area contributed by atoms with E-state index in [-0.39, 0.29) is 17.8 Å². The monoisotopic (exact) mass is 430 g/mol. The number of nitrogens with zero attached hydrogens (tertiary/aromatic N) is 1. The molecule has 156 valence electrons. The van der Waals surface area contributed by atoms with Gasteiger partial charge in [-0.1, -0.05) is 61.4 Å². The predicted octanol–water partition coefficient (Wildman–Crippen LogP) is 6.52. The summed E-state index contributed by atoms with van der Waals surface area (Å²) in [5, 5.41) is 3.17. The summed E-state index contributed by atoms with van der Waals surface area (Å²) in [7, 11) is 0. The van der Waals surface area contributed by atoms with E-state index in [0.717, 1.165) is 28.2 Å². The molecule has 3 aromatic carbocycles. The number of halogens is 1. The Morgan fingerprint density at radius 1 is 0.903 bits per heavy atom. The normalized spacial score (nSPS) is 16.0. The third-order valence-electron chi connectivity index (χ3n) is 5.88. The van der Waals surface area contributed by atoms with Crippen LogP contribution in [0.15, 0.2) is 81.5 Å². The highest BCUT2D eigenvalue weighted by Gasteiger charge is 2.22. The van der Waals surface area contributed by atoms with E-state index in [1.54, 1.807) is 23.9 Å². The lowest BCUT2D eigenvalue weighted by molar-refractivity contribution is 0.0927. The molecule has 0 unspecified atom stereocenters. The maximum absolute atomic E-state index is 14.7. The summed E-state index contributed by atoms with van der Waals surface area (Å²) < 4.78 is 14.7. The minimum Gasteiger partial charge on any atom is -0.349 e. The summed E-state index contributed by atoms with van der Waals surface area (Å²) >= 11 is 1.59. The summed E-state index contributed by atoms with van der Waals surface area (Å²) in [5.41, 5.74) is 3.22. The first kappa shape index (κ1) is 20.0. The van der Waals surface area contributed by atoms with Crippen LogP contribution in [0.5, 0.6) is 0 Å². The summed E-state index contributed by atoms with van der Waals surface area (Å²) in [4.78, 5) is 19.7. The smallest absolute Gasteiger partial charge is 0.251 e. The first-order valence-corrected chi connectivity index (χ1v) is 11.6. The van der Waals surface area contributed by atoms with Gasteiger partial charge in [0.05, 0.1) is 11.4 Å². The summed E-state index contributed by atoms with van der Waals surface area (Å²) in [6.07, 6.45) is 5.66. The molecule has 31 heavy (non-hydrogen) atoms. The van der Waals surface area contributed by atoms with Crippen molar-refractivity contribution in [1.82, 2.24) is 5.32 Å². The number of fused-ring (bicyclic) bond motifs is 2. The van der Waals surface area contributed by atoms with Gasteiger partial charge in [0.1, 0.15) is 5.82 Å². The molecule has 0 spiro atoms. The van der Waals surface area contributed by atoms with E-state index in [9.17, 15) is 9.18 Å². The molecule has 1 amide bonds. The Hall–Kier alpha value is -2.92. The van der Waals surface area contributed by atoms with Crippen LogP contribution in [0, 0.1) is 5.82 Å². The maximum atomic E-state index is 14.7. The molecule has 5 heteroatoms. The number of hydrogen-bond acceptors (Lipinski definition) is 3. The molecule has 1 N–H and O–H groups in total. The van der Waals surface area contributed by atoms with Crippen molar-refractivity contribution in [3.05, 3.63) is 89.2 Å². The van der Waals surface area contributed by atoms with Gasteiger partial charge in [0.25, 0.3) is 5.91 Å². The molecule has 0 aromatic heterocycles. The maximum Gasteiger partial charge on any atom is 0.251 e. The van der Waals surface area contributed by atoms with E-state index in [2.05, 4.69) is 5.32 Å². The number of nitrogens with one attached hydrogen (secondary N) is 1. The lowest BCUT2D eigenvalue weighted by Crippen LogP contribution is -2.36. The van der Waals surface area contributed by atoms with Gasteiger partial charge in [-0.05, 0) is 49.2 Å². The van der Waals surface area contributed by atoms with Crippen LogP contribution in [0.25, 0.3) is 0 Å². The van der Waals surface area contributed by atoms with Crippen molar-refractivity contribution in [2.75, 3.05) is 0 Å². The van der Waals surface area contributed by atoms with Gasteiger partial charge in [0.2, 0.25) is 0 Å². The second-order valence-corrected chi connectivity index (χ2v) is 9.11. The molecule has 1 aliphatic carbocycles. The molecule has 1 heterocycles. The van der Waals surface area contributed by atoms with Crippen LogP contribution in [-0.2, 0) is 0 Å². The molecule has 0 atom stereocenters. The van der Waals surface area contributed by atoms with Crippen molar-refractivity contribution in [3.8, 4) is 0 Å². The van der Waals surface area contributed by atoms with Gasteiger partial charge in [-0.2, -0.15) is 0 Å². The van der Waals surface area contributed by atoms with Crippen LogP contribution in [-0.4, -0.2) is 17.7 Å². The Morgan fingerprint density at radius 2 is 1.65 bits per heavy atom. The lowest BCUT2D eigenvalue weighted by atomic mass is 9.95. The molecule has 1 fully saturated rings. The summed E-state index contributed by atoms with van der Waals surface area (Å²) in [6.45, 7) is 0. The van der Waals surface area contributed by atoms with Gasteiger partial charge in [0, 0.05) is 32.5 Å². The average Bonchev–Trinajstić information content (AvgIpc) is 2.96. The van der Waals surface area contributed by atoms with Crippen molar-refractivity contribution in [2.45, 2.75) is 47.9 Å². The standard InChI is InChI=1S/C26H23FN2OS/c27-21-12-6-4-10-19(21)25-20-11-5-7-13-23(20)31-24-15-14-17(16-22(24)29-25)26(30)28-18-8-2-1-3-9-18/h4-7,10-16,18H,1-3,8-9H2,(H,28,30). The zero-order valence-electron chi connectivity index (χ0n) is 17.1. The predicted molar refractivity (Wildman–Crippen MR) is 123 cm³/mol. The number of hydrogen-bond donors (Lipinski definition) is 1. The molecule has 0 saturated heterocycles. The fourth-order valence-electron chi connectivity index (χ4n) is 4.26. The van der Waals surface area contributed by atoms with Gasteiger partial charge in [-0.15, -0.1) is 0 Å². The highest BCUT2D eigenvalue weighted by molar-refractivity contribution is 7.99. The SMILES string of the molecule is O=C(NC1CCCCC1)c1ccc2c(c1)N=C(c1ccccc1F)c1ccccc1S2. The van der Waals surface area contributed by atoms with Crippen LogP contribution < -0.4 is 5.32 Å². The Morgan fingerprint density at radius 3 is 2.45 bits per heavy atom. The van der Waals surface area contributed by atoms with Crippen molar-refractivity contribution in [2.24, 2.45) is 4.99 Å². The van der Waals surface area contributed by atoms with Crippen LogP contribution in [0.1, 0.15) is 53.6 Å². The number of amides is 1. The van der Waals surface area contributed by atoms with Crippen LogP contribution in [0.4, 0.5) is 10.1 Å². The van der Waals surface area contributed by atoms with E-state index in [4.69, 9.17) is 4.99 Å². The topological polar surface area (TPSA) is 41.5 Å². The molecule has 5 rings (SSSR count). The van der Waals surface area contributed by atoms with E-state index >= 15 is 0 Å². The van der Waals surface area contributed by atoms with Gasteiger partial charge >= 0.3 is 0 Å². The Bertz CT molecular complexity index is 1170. The summed E-state index contributed by atoms with van der Waals surface area (Å²) in [6, 6.07) is 20.5. The van der Waals surface area contributed by atoms with Crippen molar-refractivity contribution in [1.29, 1.82) is 0 Å². The van der Waals surface area contributed by atoms with Crippen LogP contribution in [0.3, 0.4) is 0 Å². The van der Waals surface area contributed by atoms with E-state index in [1.165, 1.54) is 25.3 Å². The molecule has 1 saturated carbocycles. The molecular formula is C26H23FN2OS. The van der Waals surface area contributed by atoms with Gasteiger partial charge in [0.15, 0.2) is 0 Å². The van der Waals surface area contributed by atoms with E-state index in [0.29, 0.717) is 22.5 Å². The highest BCUT2D eigenvalue weighted by Crippen LogP contribution is 2.41. The fraction of sp³-hybridized carbons (Fsp3) is 0.231. The lowest BCUT2D eigenvalue weighted by Gasteiger charge is -2.22. The van der Waals surface area contributed by atoms with Crippen molar-refractivity contribution in [3.63, 3.8) is 0 Å². The highest BCUT2D eigenvalue weighted by atomic mass is 32.2. The molecule has 0 bridgehead atoms. The minimum atomic E-state index is -0.310. The third kappa shape index (κ3) is 4.15. The van der Waals surface area contributed by atoms with Crippen molar-refractivity contribution < 1.29 is 9.18 Å². The number of benzene rings is 3. The quantitative estimate of drug-likeness (QED) is 0.402. The first-order valence-electron chi connectivity index (χ1n) is 10.7. The van der Waals surface area contributed by atoms with Gasteiger partial charge < -0.3 is 5.32 Å². The third-order valence-corrected chi connectivity index (χ3v) is 7.03. The summed E-state index contributed by atoms with van der Waals surface area (Å²) in [5.74, 6) is -0.375. The van der Waals surface area contributed by atoms with E-state index in [1.807, 2.05) is 48.5 Å². The van der Waals surface area contributed by atoms with Crippen molar-refractivity contribution >= 4 is 29.1 Å². The molecular weight excluding hydrogens is 407 g/mol. The molecule has 3 nitrogen and oxygen atoms in total. The molecule has 0 radical (unpaired) electrons. The zero-order chi connectivity index (χ0) is 21.2. The molecule has 2 aliphatic rings. The Balaban J connectivity index is 1.56. The molecule has 3 aromatic rings. The van der Waals surface area contributed by atoms with Crippen LogP contribution in [0.2, 0.25) is 0 Å². The number of aliphatic imine (C=N–C) groups is 1. The minimum absolute atomic E-state index is 0.0656. The fourth-order valence-corrected chi connectivity index (χ4v) is 5.26. The molecule has 1 aliphatic heterocycles. The van der Waals surface area contributed by atoms with E-state index < -0.39 is 0 Å². The second-order valence-electron chi connectivity index (χ2n) is 8.03.